The zero-order valence-electron chi connectivity index (χ0n) is 11.1. The number of nitro benzene ring substituents is 1. The van der Waals surface area contributed by atoms with E-state index in [1.807, 2.05) is 0 Å². The first-order chi connectivity index (χ1) is 10.5. The summed E-state index contributed by atoms with van der Waals surface area (Å²) in [5.41, 5.74) is -0.158. The first-order valence-electron chi connectivity index (χ1n) is 6.14. The Morgan fingerprint density at radius 3 is 2.64 bits per heavy atom. The first kappa shape index (κ1) is 15.3. The Balaban J connectivity index is 2.09. The van der Waals surface area contributed by atoms with Gasteiger partial charge in [0.15, 0.2) is 0 Å². The van der Waals surface area contributed by atoms with E-state index in [1.165, 1.54) is 30.3 Å². The topological polar surface area (TPSA) is 72.2 Å². The van der Waals surface area contributed by atoms with Crippen molar-refractivity contribution in [3.8, 4) is 0 Å². The number of carbonyl (C=O) groups is 1. The Kier molecular flexibility index (Phi) is 4.57. The highest BCUT2D eigenvalue weighted by Crippen LogP contribution is 2.21. The molecule has 22 heavy (non-hydrogen) atoms. The van der Waals surface area contributed by atoms with Crippen molar-refractivity contribution in [2.75, 3.05) is 5.32 Å². The highest BCUT2D eigenvalue weighted by molar-refractivity contribution is 6.02. The van der Waals surface area contributed by atoms with Gasteiger partial charge in [0.1, 0.15) is 5.82 Å². The molecule has 0 unspecified atom stereocenters. The number of anilines is 1. The van der Waals surface area contributed by atoms with Crippen molar-refractivity contribution in [3.63, 3.8) is 0 Å². The Bertz CT molecular complexity index is 760. The van der Waals surface area contributed by atoms with E-state index >= 15 is 0 Å². The van der Waals surface area contributed by atoms with Gasteiger partial charge in [-0.25, -0.2) is 4.39 Å². The highest BCUT2D eigenvalue weighted by atomic mass is 19.1. The molecule has 2 rings (SSSR count). The Labute approximate surface area is 124 Å². The fraction of sp³-hybridized carbons (Fsp3) is 0. The molecule has 0 aliphatic carbocycles. The number of carbonyl (C=O) groups excluding carboxylic acids is 1. The van der Waals surface area contributed by atoms with Gasteiger partial charge in [-0.2, -0.15) is 4.39 Å². The van der Waals surface area contributed by atoms with Crippen LogP contribution in [0.1, 0.15) is 5.56 Å². The summed E-state index contributed by atoms with van der Waals surface area (Å²) in [7, 11) is 0. The van der Waals surface area contributed by atoms with E-state index in [-0.39, 0.29) is 5.69 Å². The van der Waals surface area contributed by atoms with Crippen molar-refractivity contribution >= 4 is 23.4 Å². The zero-order valence-corrected chi connectivity index (χ0v) is 11.1. The average Bonchev–Trinajstić information content (AvgIpc) is 2.47. The molecule has 0 heterocycles. The van der Waals surface area contributed by atoms with E-state index in [0.717, 1.165) is 18.2 Å². The third-order valence-corrected chi connectivity index (χ3v) is 2.69. The van der Waals surface area contributed by atoms with Crippen molar-refractivity contribution in [3.05, 3.63) is 75.9 Å². The predicted molar refractivity (Wildman–Crippen MR) is 77.1 cm³/mol. The third kappa shape index (κ3) is 3.95. The van der Waals surface area contributed by atoms with Crippen LogP contribution < -0.4 is 5.32 Å². The minimum absolute atomic E-state index is 0.0852. The van der Waals surface area contributed by atoms with E-state index in [4.69, 9.17) is 0 Å². The molecule has 0 aliphatic heterocycles. The summed E-state index contributed by atoms with van der Waals surface area (Å²) < 4.78 is 26.1. The second kappa shape index (κ2) is 6.57. The van der Waals surface area contributed by atoms with Gasteiger partial charge in [-0.05, 0) is 35.9 Å². The normalized spacial score (nSPS) is 10.6. The minimum Gasteiger partial charge on any atom is -0.322 e. The SMILES string of the molecule is O=C(/C=C/c1cccc(F)c1)Nc1ccc(F)c([N+](=O)[O-])c1. The van der Waals surface area contributed by atoms with Gasteiger partial charge in [-0.15, -0.1) is 0 Å². The zero-order chi connectivity index (χ0) is 16.1. The van der Waals surface area contributed by atoms with Gasteiger partial charge in [0, 0.05) is 17.8 Å². The van der Waals surface area contributed by atoms with E-state index in [0.29, 0.717) is 5.56 Å². The van der Waals surface area contributed by atoms with Crippen molar-refractivity contribution in [1.82, 2.24) is 0 Å². The summed E-state index contributed by atoms with van der Waals surface area (Å²) in [5, 5.41) is 13.0. The lowest BCUT2D eigenvalue weighted by Crippen LogP contribution is -2.08. The molecule has 0 spiro atoms. The number of halogens is 2. The standard InChI is InChI=1S/C15H10F2N2O3/c16-11-3-1-2-10(8-11)4-7-15(20)18-12-5-6-13(17)14(9-12)19(21)22/h1-9H,(H,18,20)/b7-4+. The predicted octanol–water partition coefficient (Wildman–Crippen LogP) is 3.52. The lowest BCUT2D eigenvalue weighted by molar-refractivity contribution is -0.387. The van der Waals surface area contributed by atoms with Gasteiger partial charge >= 0.3 is 5.69 Å². The summed E-state index contributed by atoms with van der Waals surface area (Å²) in [6, 6.07) is 8.64. The summed E-state index contributed by atoms with van der Waals surface area (Å²) >= 11 is 0. The van der Waals surface area contributed by atoms with Crippen LogP contribution in [0, 0.1) is 21.7 Å². The number of nitrogens with zero attached hydrogens (tertiary/aromatic N) is 1. The molecule has 1 N–H and O–H groups in total. The van der Waals surface area contributed by atoms with Gasteiger partial charge in [0.05, 0.1) is 4.92 Å². The van der Waals surface area contributed by atoms with Gasteiger partial charge in [-0.1, -0.05) is 12.1 Å². The van der Waals surface area contributed by atoms with Crippen LogP contribution >= 0.6 is 0 Å². The Morgan fingerprint density at radius 2 is 1.95 bits per heavy atom. The summed E-state index contributed by atoms with van der Waals surface area (Å²) in [5.74, 6) is -2.00. The van der Waals surface area contributed by atoms with Crippen LogP contribution in [0.15, 0.2) is 48.5 Å². The van der Waals surface area contributed by atoms with Crippen LogP contribution in [-0.4, -0.2) is 10.8 Å². The smallest absolute Gasteiger partial charge is 0.306 e. The molecule has 0 radical (unpaired) electrons. The summed E-state index contributed by atoms with van der Waals surface area (Å²) in [6.45, 7) is 0. The van der Waals surface area contributed by atoms with Crippen LogP contribution in [0.25, 0.3) is 6.08 Å². The number of hydrogen-bond acceptors (Lipinski definition) is 3. The number of benzene rings is 2. The molecule has 0 aromatic heterocycles. The maximum atomic E-state index is 13.2. The van der Waals surface area contributed by atoms with Crippen molar-refractivity contribution in [1.29, 1.82) is 0 Å². The number of nitrogens with one attached hydrogen (secondary N) is 1. The molecule has 0 atom stereocenters. The van der Waals surface area contributed by atoms with Crippen LogP contribution in [0.4, 0.5) is 20.2 Å². The third-order valence-electron chi connectivity index (χ3n) is 2.69. The van der Waals surface area contributed by atoms with Gasteiger partial charge in [-0.3, -0.25) is 14.9 Å². The molecular formula is C15H10F2N2O3. The maximum absolute atomic E-state index is 13.2. The molecule has 0 aliphatic rings. The molecule has 2 aromatic carbocycles. The second-order valence-corrected chi connectivity index (χ2v) is 4.30. The van der Waals surface area contributed by atoms with Crippen molar-refractivity contribution < 1.29 is 18.5 Å². The summed E-state index contributed by atoms with van der Waals surface area (Å²) in [4.78, 5) is 21.4. The van der Waals surface area contributed by atoms with Crippen LogP contribution in [-0.2, 0) is 4.79 Å². The van der Waals surface area contributed by atoms with Gasteiger partial charge in [0.25, 0.3) is 0 Å². The molecule has 5 nitrogen and oxygen atoms in total. The quantitative estimate of drug-likeness (QED) is 0.533. The van der Waals surface area contributed by atoms with E-state index in [2.05, 4.69) is 5.32 Å². The lowest BCUT2D eigenvalue weighted by Gasteiger charge is -2.02. The first-order valence-corrected chi connectivity index (χ1v) is 6.14. The minimum atomic E-state index is -0.988. The maximum Gasteiger partial charge on any atom is 0.306 e. The largest absolute Gasteiger partial charge is 0.322 e. The lowest BCUT2D eigenvalue weighted by atomic mass is 10.2. The fourth-order valence-corrected chi connectivity index (χ4v) is 1.70. The van der Waals surface area contributed by atoms with Gasteiger partial charge in [0.2, 0.25) is 11.7 Å². The molecule has 0 bridgehead atoms. The molecule has 112 valence electrons. The molecular weight excluding hydrogens is 294 g/mol. The van der Waals surface area contributed by atoms with Crippen LogP contribution in [0.2, 0.25) is 0 Å². The van der Waals surface area contributed by atoms with Crippen LogP contribution in [0.3, 0.4) is 0 Å². The number of rotatable bonds is 4. The van der Waals surface area contributed by atoms with Crippen LogP contribution in [0.5, 0.6) is 0 Å². The number of nitro groups is 1. The Morgan fingerprint density at radius 1 is 1.18 bits per heavy atom. The summed E-state index contributed by atoms with van der Waals surface area (Å²) in [6.07, 6.45) is 2.53. The number of hydrogen-bond donors (Lipinski definition) is 1. The molecule has 0 saturated heterocycles. The molecule has 2 aromatic rings. The fourth-order valence-electron chi connectivity index (χ4n) is 1.70. The molecule has 7 heteroatoms. The van der Waals surface area contributed by atoms with Crippen molar-refractivity contribution in [2.45, 2.75) is 0 Å². The van der Waals surface area contributed by atoms with Gasteiger partial charge < -0.3 is 5.32 Å². The monoisotopic (exact) mass is 304 g/mol. The van der Waals surface area contributed by atoms with E-state index in [9.17, 15) is 23.7 Å². The highest BCUT2D eigenvalue weighted by Gasteiger charge is 2.14. The number of amides is 1. The van der Waals surface area contributed by atoms with E-state index < -0.39 is 28.2 Å². The average molecular weight is 304 g/mol. The Hall–Kier alpha value is -3.09. The second-order valence-electron chi connectivity index (χ2n) is 4.30. The van der Waals surface area contributed by atoms with E-state index in [1.54, 1.807) is 6.07 Å². The molecule has 0 saturated carbocycles. The van der Waals surface area contributed by atoms with Crippen molar-refractivity contribution in [2.24, 2.45) is 0 Å². The molecule has 0 fully saturated rings. The molecule has 1 amide bonds.